The van der Waals surface area contributed by atoms with Crippen LogP contribution in [0.25, 0.3) is 0 Å². The summed E-state index contributed by atoms with van der Waals surface area (Å²) in [5.74, 6) is -4.41. The van der Waals surface area contributed by atoms with E-state index in [4.69, 9.17) is 17.3 Å². The van der Waals surface area contributed by atoms with E-state index in [2.05, 4.69) is 5.32 Å². The molecule has 6 heteroatoms. The normalized spacial score (nSPS) is 30.8. The van der Waals surface area contributed by atoms with E-state index < -0.39 is 11.8 Å². The fourth-order valence-electron chi connectivity index (χ4n) is 4.08. The van der Waals surface area contributed by atoms with Gasteiger partial charge in [0.2, 0.25) is 0 Å². The van der Waals surface area contributed by atoms with Crippen LogP contribution in [0.2, 0.25) is 5.02 Å². The second-order valence-corrected chi connectivity index (χ2v) is 7.20. The molecule has 1 aromatic rings. The number of amides is 1. The van der Waals surface area contributed by atoms with Gasteiger partial charge < -0.3 is 11.1 Å². The van der Waals surface area contributed by atoms with Gasteiger partial charge in [-0.3, -0.25) is 4.79 Å². The molecule has 2 saturated carbocycles. The molecule has 0 spiro atoms. The first kappa shape index (κ1) is 16.7. The van der Waals surface area contributed by atoms with Crippen LogP contribution in [0.1, 0.15) is 37.7 Å². The zero-order chi connectivity index (χ0) is 16.6. The van der Waals surface area contributed by atoms with Crippen molar-refractivity contribution in [3.05, 3.63) is 34.9 Å². The van der Waals surface area contributed by atoms with Gasteiger partial charge in [0.1, 0.15) is 0 Å². The molecule has 2 atom stereocenters. The third-order valence-electron chi connectivity index (χ3n) is 5.15. The number of hydrogen-bond donors (Lipinski definition) is 2. The van der Waals surface area contributed by atoms with Crippen LogP contribution >= 0.6 is 11.6 Å². The molecule has 3 N–H and O–H groups in total. The van der Waals surface area contributed by atoms with Crippen LogP contribution in [-0.2, 0) is 10.7 Å². The maximum atomic E-state index is 14.4. The SMILES string of the molecule is NC1CC2CCCC(C1)C2NC(=O)C(F)(F)c1cccc(Cl)c1. The summed E-state index contributed by atoms with van der Waals surface area (Å²) in [6.45, 7) is 0. The molecule has 0 aliphatic heterocycles. The lowest BCUT2D eigenvalue weighted by molar-refractivity contribution is -0.149. The van der Waals surface area contributed by atoms with Gasteiger partial charge in [-0.2, -0.15) is 8.78 Å². The van der Waals surface area contributed by atoms with E-state index in [0.29, 0.717) is 0 Å². The maximum Gasteiger partial charge on any atom is 0.349 e. The average Bonchev–Trinajstić information content (AvgIpc) is 2.48. The highest BCUT2D eigenvalue weighted by atomic mass is 35.5. The lowest BCUT2D eigenvalue weighted by atomic mass is 9.67. The summed E-state index contributed by atoms with van der Waals surface area (Å²) in [6, 6.07) is 5.22. The van der Waals surface area contributed by atoms with E-state index in [1.165, 1.54) is 18.2 Å². The van der Waals surface area contributed by atoms with Crippen LogP contribution in [0.4, 0.5) is 8.78 Å². The number of nitrogens with two attached hydrogens (primary N) is 1. The Morgan fingerprint density at radius 3 is 2.52 bits per heavy atom. The predicted octanol–water partition coefficient (Wildman–Crippen LogP) is 3.45. The number of fused-ring (bicyclic) bond motifs is 2. The quantitative estimate of drug-likeness (QED) is 0.884. The smallest absolute Gasteiger partial charge is 0.347 e. The minimum Gasteiger partial charge on any atom is -0.347 e. The van der Waals surface area contributed by atoms with E-state index >= 15 is 0 Å². The summed E-state index contributed by atoms with van der Waals surface area (Å²) in [7, 11) is 0. The highest BCUT2D eigenvalue weighted by Gasteiger charge is 2.46. The summed E-state index contributed by atoms with van der Waals surface area (Å²) < 4.78 is 28.9. The third kappa shape index (κ3) is 3.36. The molecule has 1 aromatic carbocycles. The van der Waals surface area contributed by atoms with Gasteiger partial charge >= 0.3 is 5.92 Å². The molecule has 3 rings (SSSR count). The fourth-order valence-corrected chi connectivity index (χ4v) is 4.27. The van der Waals surface area contributed by atoms with E-state index in [-0.39, 0.29) is 34.5 Å². The minimum absolute atomic E-state index is 0.117. The lowest BCUT2D eigenvalue weighted by Gasteiger charge is -2.45. The Labute approximate surface area is 139 Å². The van der Waals surface area contributed by atoms with Gasteiger partial charge in [-0.25, -0.2) is 0 Å². The molecule has 2 bridgehead atoms. The first-order chi connectivity index (χ1) is 10.9. The van der Waals surface area contributed by atoms with Crippen molar-refractivity contribution in [1.82, 2.24) is 5.32 Å². The first-order valence-corrected chi connectivity index (χ1v) is 8.46. The van der Waals surface area contributed by atoms with Crippen molar-refractivity contribution in [3.63, 3.8) is 0 Å². The minimum atomic E-state index is -3.58. The topological polar surface area (TPSA) is 55.1 Å². The third-order valence-corrected chi connectivity index (χ3v) is 5.38. The number of nitrogens with one attached hydrogen (secondary N) is 1. The van der Waals surface area contributed by atoms with E-state index in [1.54, 1.807) is 0 Å². The highest BCUT2D eigenvalue weighted by molar-refractivity contribution is 6.30. The second kappa shape index (κ2) is 6.36. The standard InChI is InChI=1S/C17H21ClF2N2O/c18-13-6-2-5-12(9-13)17(19,20)16(23)22-15-10-3-1-4-11(15)8-14(21)7-10/h2,5-6,9-11,14-15H,1,3-4,7-8,21H2,(H,22,23). The Balaban J connectivity index is 1.75. The number of hydrogen-bond acceptors (Lipinski definition) is 2. The van der Waals surface area contributed by atoms with Crippen LogP contribution in [0, 0.1) is 11.8 Å². The molecule has 2 fully saturated rings. The molecule has 0 aromatic heterocycles. The van der Waals surface area contributed by atoms with Crippen molar-refractivity contribution in [2.24, 2.45) is 17.6 Å². The molecule has 0 heterocycles. The van der Waals surface area contributed by atoms with Crippen molar-refractivity contribution in [2.75, 3.05) is 0 Å². The summed E-state index contributed by atoms with van der Waals surface area (Å²) >= 11 is 5.76. The van der Waals surface area contributed by atoms with Gasteiger partial charge in [0.15, 0.2) is 0 Å². The number of carbonyl (C=O) groups is 1. The highest BCUT2D eigenvalue weighted by Crippen LogP contribution is 2.40. The summed E-state index contributed by atoms with van der Waals surface area (Å²) in [6.07, 6.45) is 4.56. The number of benzene rings is 1. The van der Waals surface area contributed by atoms with Gasteiger partial charge in [0, 0.05) is 22.7 Å². The van der Waals surface area contributed by atoms with E-state index in [1.807, 2.05) is 0 Å². The summed E-state index contributed by atoms with van der Waals surface area (Å²) in [5.41, 5.74) is 5.66. The summed E-state index contributed by atoms with van der Waals surface area (Å²) in [5, 5.41) is 2.80. The van der Waals surface area contributed by atoms with Crippen LogP contribution < -0.4 is 11.1 Å². The predicted molar refractivity (Wildman–Crippen MR) is 85.3 cm³/mol. The summed E-state index contributed by atoms with van der Waals surface area (Å²) in [4.78, 5) is 12.2. The number of halogens is 3. The second-order valence-electron chi connectivity index (χ2n) is 6.77. The Morgan fingerprint density at radius 2 is 1.91 bits per heavy atom. The Hall–Kier alpha value is -1.20. The molecule has 1 amide bonds. The molecular formula is C17H21ClF2N2O. The van der Waals surface area contributed by atoms with Crippen molar-refractivity contribution >= 4 is 17.5 Å². The zero-order valence-corrected chi connectivity index (χ0v) is 13.5. The monoisotopic (exact) mass is 342 g/mol. The van der Waals surface area contributed by atoms with Crippen LogP contribution in [0.3, 0.4) is 0 Å². The van der Waals surface area contributed by atoms with Crippen molar-refractivity contribution in [3.8, 4) is 0 Å². The molecule has 2 aliphatic rings. The zero-order valence-electron chi connectivity index (χ0n) is 12.8. The number of carbonyl (C=O) groups excluding carboxylic acids is 1. The van der Waals surface area contributed by atoms with Gasteiger partial charge in [-0.05, 0) is 49.7 Å². The molecule has 2 unspecified atom stereocenters. The van der Waals surface area contributed by atoms with Crippen LogP contribution in [0.5, 0.6) is 0 Å². The molecule has 2 aliphatic carbocycles. The van der Waals surface area contributed by atoms with Gasteiger partial charge in [0.25, 0.3) is 5.91 Å². The Bertz CT molecular complexity index is 582. The van der Waals surface area contributed by atoms with Gasteiger partial charge in [-0.1, -0.05) is 30.2 Å². The fraction of sp³-hybridized carbons (Fsp3) is 0.588. The number of alkyl halides is 2. The van der Waals surface area contributed by atoms with E-state index in [9.17, 15) is 13.6 Å². The van der Waals surface area contributed by atoms with Gasteiger partial charge in [0.05, 0.1) is 0 Å². The molecule has 3 nitrogen and oxygen atoms in total. The van der Waals surface area contributed by atoms with Crippen molar-refractivity contribution in [2.45, 2.75) is 50.1 Å². The van der Waals surface area contributed by atoms with Crippen LogP contribution in [0.15, 0.2) is 24.3 Å². The largest absolute Gasteiger partial charge is 0.349 e. The average molecular weight is 343 g/mol. The lowest BCUT2D eigenvalue weighted by Crippen LogP contribution is -2.56. The Morgan fingerprint density at radius 1 is 1.26 bits per heavy atom. The van der Waals surface area contributed by atoms with Gasteiger partial charge in [-0.15, -0.1) is 0 Å². The molecule has 23 heavy (non-hydrogen) atoms. The molecule has 0 saturated heterocycles. The maximum absolute atomic E-state index is 14.4. The first-order valence-electron chi connectivity index (χ1n) is 8.08. The number of rotatable bonds is 3. The molecule has 126 valence electrons. The Kier molecular flexibility index (Phi) is 4.61. The van der Waals surface area contributed by atoms with Crippen molar-refractivity contribution in [1.29, 1.82) is 0 Å². The molecular weight excluding hydrogens is 322 g/mol. The molecule has 0 radical (unpaired) electrons. The van der Waals surface area contributed by atoms with Crippen molar-refractivity contribution < 1.29 is 13.6 Å². The van der Waals surface area contributed by atoms with E-state index in [0.717, 1.165) is 38.2 Å². The van der Waals surface area contributed by atoms with Crippen LogP contribution in [-0.4, -0.2) is 18.0 Å².